The number of carboxylic acids is 1. The van der Waals surface area contributed by atoms with Crippen molar-refractivity contribution in [1.82, 2.24) is 0 Å². The summed E-state index contributed by atoms with van der Waals surface area (Å²) in [7, 11) is 0. The minimum atomic E-state index is -0.864. The standard InChI is InChI=1S/C15H11BrO3/c16-10-5-6-13-12(7-10)14(15(17)18)11-4-2-1-3-9(11)8-19-13/h1-7,14H,8H2,(H,17,18)/t14-/m1/s1. The second-order valence-corrected chi connectivity index (χ2v) is 5.36. The van der Waals surface area contributed by atoms with E-state index in [1.54, 1.807) is 6.07 Å². The van der Waals surface area contributed by atoms with Crippen LogP contribution >= 0.6 is 15.9 Å². The summed E-state index contributed by atoms with van der Waals surface area (Å²) in [6, 6.07) is 13.0. The quantitative estimate of drug-likeness (QED) is 0.874. The number of hydrogen-bond acceptors (Lipinski definition) is 2. The van der Waals surface area contributed by atoms with E-state index in [4.69, 9.17) is 4.74 Å². The molecule has 0 amide bonds. The van der Waals surface area contributed by atoms with Crippen LogP contribution in [0.25, 0.3) is 0 Å². The largest absolute Gasteiger partial charge is 0.489 e. The van der Waals surface area contributed by atoms with E-state index in [1.165, 1.54) is 0 Å². The van der Waals surface area contributed by atoms with Gasteiger partial charge in [0, 0.05) is 10.0 Å². The van der Waals surface area contributed by atoms with Crippen LogP contribution in [0.5, 0.6) is 5.75 Å². The van der Waals surface area contributed by atoms with Crippen molar-refractivity contribution in [1.29, 1.82) is 0 Å². The summed E-state index contributed by atoms with van der Waals surface area (Å²) >= 11 is 3.38. The predicted octanol–water partition coefficient (Wildman–Crippen LogP) is 3.56. The molecule has 1 heterocycles. The highest BCUT2D eigenvalue weighted by Crippen LogP contribution is 2.38. The van der Waals surface area contributed by atoms with Crippen LogP contribution in [-0.2, 0) is 11.4 Å². The highest BCUT2D eigenvalue weighted by molar-refractivity contribution is 9.10. The van der Waals surface area contributed by atoms with E-state index in [-0.39, 0.29) is 0 Å². The Balaban J connectivity index is 2.25. The molecule has 0 fully saturated rings. The molecule has 0 saturated carbocycles. The minimum absolute atomic E-state index is 0.397. The number of aliphatic carboxylic acids is 1. The predicted molar refractivity (Wildman–Crippen MR) is 74.4 cm³/mol. The lowest BCUT2D eigenvalue weighted by Crippen LogP contribution is -2.13. The molecule has 0 bridgehead atoms. The van der Waals surface area contributed by atoms with Crippen molar-refractivity contribution in [3.8, 4) is 5.75 Å². The fourth-order valence-corrected chi connectivity index (χ4v) is 2.79. The molecule has 1 aliphatic rings. The first-order chi connectivity index (χ1) is 9.16. The number of fused-ring (bicyclic) bond motifs is 2. The van der Waals surface area contributed by atoms with Gasteiger partial charge in [0.25, 0.3) is 0 Å². The van der Waals surface area contributed by atoms with Crippen molar-refractivity contribution >= 4 is 21.9 Å². The van der Waals surface area contributed by atoms with E-state index in [0.29, 0.717) is 17.9 Å². The van der Waals surface area contributed by atoms with E-state index in [9.17, 15) is 9.90 Å². The van der Waals surface area contributed by atoms with Crippen LogP contribution in [0.2, 0.25) is 0 Å². The maximum absolute atomic E-state index is 11.7. The van der Waals surface area contributed by atoms with E-state index in [2.05, 4.69) is 15.9 Å². The third-order valence-electron chi connectivity index (χ3n) is 3.28. The average Bonchev–Trinajstić information content (AvgIpc) is 2.54. The van der Waals surface area contributed by atoms with E-state index >= 15 is 0 Å². The number of carboxylic acid groups (broad SMARTS) is 1. The van der Waals surface area contributed by atoms with Gasteiger partial charge in [-0.1, -0.05) is 40.2 Å². The molecule has 4 heteroatoms. The van der Waals surface area contributed by atoms with Crippen molar-refractivity contribution in [2.45, 2.75) is 12.5 Å². The fraction of sp³-hybridized carbons (Fsp3) is 0.133. The first-order valence-corrected chi connectivity index (χ1v) is 6.69. The molecule has 1 N–H and O–H groups in total. The highest BCUT2D eigenvalue weighted by Gasteiger charge is 2.30. The monoisotopic (exact) mass is 318 g/mol. The Morgan fingerprint density at radius 3 is 2.79 bits per heavy atom. The summed E-state index contributed by atoms with van der Waals surface area (Å²) in [6.45, 7) is 0.397. The molecule has 1 aliphatic heterocycles. The van der Waals surface area contributed by atoms with Crippen molar-refractivity contribution in [3.63, 3.8) is 0 Å². The van der Waals surface area contributed by atoms with Crippen LogP contribution in [0.15, 0.2) is 46.9 Å². The van der Waals surface area contributed by atoms with Crippen molar-refractivity contribution in [3.05, 3.63) is 63.6 Å². The average molecular weight is 319 g/mol. The van der Waals surface area contributed by atoms with Gasteiger partial charge in [-0.3, -0.25) is 4.79 Å². The van der Waals surface area contributed by atoms with Crippen LogP contribution < -0.4 is 4.74 Å². The SMILES string of the molecule is O=C(O)[C@@H]1c2ccccc2COc2ccc(Br)cc21. The fourth-order valence-electron chi connectivity index (χ4n) is 2.41. The van der Waals surface area contributed by atoms with Gasteiger partial charge in [-0.05, 0) is 29.3 Å². The molecule has 0 saturated heterocycles. The molecule has 0 radical (unpaired) electrons. The van der Waals surface area contributed by atoms with Gasteiger partial charge in [-0.2, -0.15) is 0 Å². The molecule has 0 unspecified atom stereocenters. The van der Waals surface area contributed by atoms with Gasteiger partial charge in [-0.25, -0.2) is 0 Å². The Morgan fingerprint density at radius 2 is 2.00 bits per heavy atom. The summed E-state index contributed by atoms with van der Waals surface area (Å²) in [5.41, 5.74) is 2.40. The zero-order chi connectivity index (χ0) is 13.4. The lowest BCUT2D eigenvalue weighted by atomic mass is 9.88. The summed E-state index contributed by atoms with van der Waals surface area (Å²) in [5.74, 6) is -0.921. The number of ether oxygens (including phenoxy) is 1. The Hall–Kier alpha value is -1.81. The molecule has 2 aromatic rings. The maximum atomic E-state index is 11.7. The molecule has 1 atom stereocenters. The number of halogens is 1. The van der Waals surface area contributed by atoms with Crippen LogP contribution in [0.3, 0.4) is 0 Å². The summed E-state index contributed by atoms with van der Waals surface area (Å²) in [6.07, 6.45) is 0. The number of rotatable bonds is 1. The van der Waals surface area contributed by atoms with Crippen molar-refractivity contribution in [2.24, 2.45) is 0 Å². The van der Waals surface area contributed by atoms with Gasteiger partial charge in [0.2, 0.25) is 0 Å². The van der Waals surface area contributed by atoms with E-state index in [1.807, 2.05) is 36.4 Å². The molecule has 0 aromatic heterocycles. The Bertz CT molecular complexity index is 652. The zero-order valence-electron chi connectivity index (χ0n) is 9.97. The van der Waals surface area contributed by atoms with Gasteiger partial charge in [0.1, 0.15) is 18.3 Å². The second kappa shape index (κ2) is 4.70. The molecule has 0 spiro atoms. The van der Waals surface area contributed by atoms with E-state index < -0.39 is 11.9 Å². The lowest BCUT2D eigenvalue weighted by Gasteiger charge is -2.14. The topological polar surface area (TPSA) is 46.5 Å². The molecule has 2 aromatic carbocycles. The summed E-state index contributed by atoms with van der Waals surface area (Å²) in [4.78, 5) is 11.7. The van der Waals surface area contributed by atoms with Gasteiger partial charge < -0.3 is 9.84 Å². The maximum Gasteiger partial charge on any atom is 0.315 e. The van der Waals surface area contributed by atoms with Crippen molar-refractivity contribution < 1.29 is 14.6 Å². The molecular formula is C15H11BrO3. The van der Waals surface area contributed by atoms with Crippen molar-refractivity contribution in [2.75, 3.05) is 0 Å². The molecule has 19 heavy (non-hydrogen) atoms. The van der Waals surface area contributed by atoms with Crippen LogP contribution in [0, 0.1) is 0 Å². The first-order valence-electron chi connectivity index (χ1n) is 5.89. The Kier molecular flexibility index (Phi) is 3.03. The molecule has 3 nitrogen and oxygen atoms in total. The first kappa shape index (κ1) is 12.2. The normalized spacial score (nSPS) is 16.8. The number of benzene rings is 2. The lowest BCUT2D eigenvalue weighted by molar-refractivity contribution is -0.137. The van der Waals surface area contributed by atoms with Crippen LogP contribution in [-0.4, -0.2) is 11.1 Å². The molecule has 0 aliphatic carbocycles. The van der Waals surface area contributed by atoms with Crippen LogP contribution in [0.1, 0.15) is 22.6 Å². The number of hydrogen-bond donors (Lipinski definition) is 1. The third-order valence-corrected chi connectivity index (χ3v) is 3.77. The smallest absolute Gasteiger partial charge is 0.315 e. The third kappa shape index (κ3) is 2.12. The van der Waals surface area contributed by atoms with Gasteiger partial charge in [0.05, 0.1) is 0 Å². The Morgan fingerprint density at radius 1 is 1.21 bits per heavy atom. The summed E-state index contributed by atoms with van der Waals surface area (Å²) in [5, 5.41) is 9.58. The van der Waals surface area contributed by atoms with Crippen LogP contribution in [0.4, 0.5) is 0 Å². The number of carbonyl (C=O) groups is 1. The highest BCUT2D eigenvalue weighted by atomic mass is 79.9. The van der Waals surface area contributed by atoms with E-state index in [0.717, 1.165) is 15.6 Å². The molecule has 96 valence electrons. The minimum Gasteiger partial charge on any atom is -0.489 e. The summed E-state index contributed by atoms with van der Waals surface area (Å²) < 4.78 is 6.57. The second-order valence-electron chi connectivity index (χ2n) is 4.44. The van der Waals surface area contributed by atoms with Gasteiger partial charge in [0.15, 0.2) is 0 Å². The Labute approximate surface area is 119 Å². The molecular weight excluding hydrogens is 308 g/mol. The zero-order valence-corrected chi connectivity index (χ0v) is 11.6. The molecule has 3 rings (SSSR count). The van der Waals surface area contributed by atoms with Gasteiger partial charge >= 0.3 is 5.97 Å². The van der Waals surface area contributed by atoms with Gasteiger partial charge in [-0.15, -0.1) is 0 Å².